The molecule has 1 aliphatic rings. The van der Waals surface area contributed by atoms with Crippen LogP contribution in [0.25, 0.3) is 0 Å². The van der Waals surface area contributed by atoms with Crippen LogP contribution in [0.2, 0.25) is 0 Å². The van der Waals surface area contributed by atoms with Gasteiger partial charge in [0.2, 0.25) is 0 Å². The SMILES string of the molecule is Cl.NCC(NC(=O)c1cccc(F)c1)C1CCCCC1. The fourth-order valence-electron chi connectivity index (χ4n) is 2.79. The molecule has 1 aromatic carbocycles. The van der Waals surface area contributed by atoms with Crippen molar-refractivity contribution < 1.29 is 9.18 Å². The number of carbonyl (C=O) groups is 1. The summed E-state index contributed by atoms with van der Waals surface area (Å²) in [5, 5.41) is 2.95. The molecule has 0 spiro atoms. The summed E-state index contributed by atoms with van der Waals surface area (Å²) in [6.45, 7) is 0.436. The Balaban J connectivity index is 0.00000200. The van der Waals surface area contributed by atoms with Crippen LogP contribution in [0.3, 0.4) is 0 Å². The summed E-state index contributed by atoms with van der Waals surface area (Å²) < 4.78 is 13.1. The Morgan fingerprint density at radius 1 is 1.35 bits per heavy atom. The van der Waals surface area contributed by atoms with E-state index in [2.05, 4.69) is 5.32 Å². The predicted octanol–water partition coefficient (Wildman–Crippen LogP) is 2.88. The van der Waals surface area contributed by atoms with Gasteiger partial charge in [0.25, 0.3) is 5.91 Å². The molecular weight excluding hydrogens is 279 g/mol. The molecule has 5 heteroatoms. The minimum atomic E-state index is -0.394. The number of rotatable bonds is 4. The quantitative estimate of drug-likeness (QED) is 0.898. The van der Waals surface area contributed by atoms with Crippen LogP contribution >= 0.6 is 12.4 Å². The number of amides is 1. The standard InChI is InChI=1S/C15H21FN2O.ClH/c16-13-8-4-7-12(9-13)15(19)18-14(10-17)11-5-2-1-3-6-11;/h4,7-9,11,14H,1-3,5-6,10,17H2,(H,18,19);1H. The number of hydrogen-bond donors (Lipinski definition) is 2. The van der Waals surface area contributed by atoms with Crippen molar-refractivity contribution in [2.45, 2.75) is 38.1 Å². The van der Waals surface area contributed by atoms with Crippen molar-refractivity contribution in [2.75, 3.05) is 6.54 Å². The van der Waals surface area contributed by atoms with Crippen LogP contribution < -0.4 is 11.1 Å². The molecule has 112 valence electrons. The maximum atomic E-state index is 13.1. The number of benzene rings is 1. The Morgan fingerprint density at radius 3 is 2.65 bits per heavy atom. The Morgan fingerprint density at radius 2 is 2.05 bits per heavy atom. The van der Waals surface area contributed by atoms with Gasteiger partial charge in [-0.25, -0.2) is 4.39 Å². The zero-order chi connectivity index (χ0) is 13.7. The lowest BCUT2D eigenvalue weighted by Gasteiger charge is -2.30. The van der Waals surface area contributed by atoms with E-state index in [0.29, 0.717) is 18.0 Å². The molecule has 0 saturated heterocycles. The topological polar surface area (TPSA) is 55.1 Å². The van der Waals surface area contributed by atoms with Crippen LogP contribution in [0.5, 0.6) is 0 Å². The highest BCUT2D eigenvalue weighted by molar-refractivity contribution is 5.94. The van der Waals surface area contributed by atoms with E-state index in [-0.39, 0.29) is 24.4 Å². The Kier molecular flexibility index (Phi) is 6.96. The van der Waals surface area contributed by atoms with Crippen LogP contribution in [0.1, 0.15) is 42.5 Å². The minimum Gasteiger partial charge on any atom is -0.348 e. The van der Waals surface area contributed by atoms with Crippen LogP contribution in [-0.4, -0.2) is 18.5 Å². The second-order valence-electron chi connectivity index (χ2n) is 5.22. The van der Waals surface area contributed by atoms with E-state index in [1.54, 1.807) is 12.1 Å². The molecule has 3 nitrogen and oxygen atoms in total. The summed E-state index contributed by atoms with van der Waals surface area (Å²) in [5.41, 5.74) is 6.13. The van der Waals surface area contributed by atoms with Gasteiger partial charge in [-0.3, -0.25) is 4.79 Å². The molecule has 0 bridgehead atoms. The first-order valence-electron chi connectivity index (χ1n) is 6.97. The van der Waals surface area contributed by atoms with Gasteiger partial charge in [-0.05, 0) is 37.0 Å². The van der Waals surface area contributed by atoms with E-state index in [1.807, 2.05) is 0 Å². The first-order chi connectivity index (χ1) is 9.20. The van der Waals surface area contributed by atoms with Crippen molar-refractivity contribution in [2.24, 2.45) is 11.7 Å². The number of halogens is 2. The summed E-state index contributed by atoms with van der Waals surface area (Å²) in [6.07, 6.45) is 5.91. The van der Waals surface area contributed by atoms with Gasteiger partial charge in [-0.15, -0.1) is 12.4 Å². The summed E-state index contributed by atoms with van der Waals surface area (Å²) in [5.74, 6) is -0.175. The molecule has 0 aliphatic heterocycles. The molecule has 0 heterocycles. The fourth-order valence-corrected chi connectivity index (χ4v) is 2.79. The third-order valence-corrected chi connectivity index (χ3v) is 3.88. The monoisotopic (exact) mass is 300 g/mol. The van der Waals surface area contributed by atoms with Gasteiger partial charge in [-0.1, -0.05) is 25.3 Å². The van der Waals surface area contributed by atoms with Crippen molar-refractivity contribution in [1.29, 1.82) is 0 Å². The van der Waals surface area contributed by atoms with Gasteiger partial charge in [0.1, 0.15) is 5.82 Å². The van der Waals surface area contributed by atoms with Crippen molar-refractivity contribution in [3.05, 3.63) is 35.6 Å². The molecule has 20 heavy (non-hydrogen) atoms. The van der Waals surface area contributed by atoms with Crippen LogP contribution in [0.15, 0.2) is 24.3 Å². The number of nitrogens with two attached hydrogens (primary N) is 1. The van der Waals surface area contributed by atoms with Gasteiger partial charge in [0.15, 0.2) is 0 Å². The first-order valence-corrected chi connectivity index (χ1v) is 6.97. The van der Waals surface area contributed by atoms with Crippen LogP contribution in [-0.2, 0) is 0 Å². The Hall–Kier alpha value is -1.13. The van der Waals surface area contributed by atoms with E-state index in [1.165, 1.54) is 31.4 Å². The highest BCUT2D eigenvalue weighted by atomic mass is 35.5. The lowest BCUT2D eigenvalue weighted by atomic mass is 9.84. The van der Waals surface area contributed by atoms with Crippen molar-refractivity contribution in [3.8, 4) is 0 Å². The third-order valence-electron chi connectivity index (χ3n) is 3.88. The molecule has 1 amide bonds. The third kappa shape index (κ3) is 4.46. The second kappa shape index (κ2) is 8.22. The molecule has 0 aromatic heterocycles. The first kappa shape index (κ1) is 16.9. The fraction of sp³-hybridized carbons (Fsp3) is 0.533. The van der Waals surface area contributed by atoms with E-state index in [4.69, 9.17) is 5.73 Å². The maximum absolute atomic E-state index is 13.1. The Bertz CT molecular complexity index is 436. The molecule has 3 N–H and O–H groups in total. The highest BCUT2D eigenvalue weighted by Gasteiger charge is 2.24. The molecule has 1 fully saturated rings. The minimum absolute atomic E-state index is 0. The smallest absolute Gasteiger partial charge is 0.251 e. The van der Waals surface area contributed by atoms with Crippen LogP contribution in [0.4, 0.5) is 4.39 Å². The maximum Gasteiger partial charge on any atom is 0.251 e. The lowest BCUT2D eigenvalue weighted by Crippen LogP contribution is -2.45. The zero-order valence-electron chi connectivity index (χ0n) is 11.5. The molecule has 1 aromatic rings. The average molecular weight is 301 g/mol. The number of nitrogens with one attached hydrogen (secondary N) is 1. The predicted molar refractivity (Wildman–Crippen MR) is 80.5 cm³/mol. The molecule has 0 radical (unpaired) electrons. The molecule has 1 unspecified atom stereocenters. The van der Waals surface area contributed by atoms with Crippen molar-refractivity contribution in [1.82, 2.24) is 5.32 Å². The van der Waals surface area contributed by atoms with Crippen molar-refractivity contribution in [3.63, 3.8) is 0 Å². The molecule has 2 rings (SSSR count). The van der Waals surface area contributed by atoms with E-state index >= 15 is 0 Å². The molecule has 1 saturated carbocycles. The zero-order valence-corrected chi connectivity index (χ0v) is 12.3. The summed E-state index contributed by atoms with van der Waals surface area (Å²) >= 11 is 0. The molecule has 1 atom stereocenters. The molecular formula is C15H22ClFN2O. The summed E-state index contributed by atoms with van der Waals surface area (Å²) in [4.78, 5) is 12.1. The van der Waals surface area contributed by atoms with Gasteiger partial charge in [0, 0.05) is 18.2 Å². The normalized spacial score (nSPS) is 17.1. The van der Waals surface area contributed by atoms with E-state index in [9.17, 15) is 9.18 Å². The van der Waals surface area contributed by atoms with Gasteiger partial charge < -0.3 is 11.1 Å². The van der Waals surface area contributed by atoms with Crippen LogP contribution in [0, 0.1) is 11.7 Å². The van der Waals surface area contributed by atoms with Gasteiger partial charge >= 0.3 is 0 Å². The number of carbonyl (C=O) groups excluding carboxylic acids is 1. The van der Waals surface area contributed by atoms with Crippen molar-refractivity contribution >= 4 is 18.3 Å². The summed E-state index contributed by atoms with van der Waals surface area (Å²) in [6, 6.07) is 5.74. The second-order valence-corrected chi connectivity index (χ2v) is 5.22. The highest BCUT2D eigenvalue weighted by Crippen LogP contribution is 2.26. The lowest BCUT2D eigenvalue weighted by molar-refractivity contribution is 0.0915. The van der Waals surface area contributed by atoms with Gasteiger partial charge in [-0.2, -0.15) is 0 Å². The largest absolute Gasteiger partial charge is 0.348 e. The van der Waals surface area contributed by atoms with E-state index < -0.39 is 5.82 Å². The summed E-state index contributed by atoms with van der Waals surface area (Å²) in [7, 11) is 0. The van der Waals surface area contributed by atoms with E-state index in [0.717, 1.165) is 12.8 Å². The number of hydrogen-bond acceptors (Lipinski definition) is 2. The Labute approximate surface area is 125 Å². The average Bonchev–Trinajstić information content (AvgIpc) is 2.45. The molecule has 1 aliphatic carbocycles. The van der Waals surface area contributed by atoms with Gasteiger partial charge in [0.05, 0.1) is 0 Å².